The number of rotatable bonds is 6. The fourth-order valence-corrected chi connectivity index (χ4v) is 4.57. The van der Waals surface area contributed by atoms with E-state index < -0.39 is 17.6 Å². The van der Waals surface area contributed by atoms with Crippen molar-refractivity contribution in [2.24, 2.45) is 0 Å². The van der Waals surface area contributed by atoms with Crippen molar-refractivity contribution in [2.45, 2.75) is 51.6 Å². The third-order valence-electron chi connectivity index (χ3n) is 6.39. The number of nitrogens with one attached hydrogen (secondary N) is 2. The van der Waals surface area contributed by atoms with Gasteiger partial charge in [0.2, 0.25) is 5.91 Å². The number of carbonyl (C=O) groups excluding carboxylic acids is 3. The van der Waals surface area contributed by atoms with Crippen molar-refractivity contribution < 1.29 is 19.1 Å². The maximum atomic E-state index is 13.5. The van der Waals surface area contributed by atoms with Gasteiger partial charge >= 0.3 is 6.03 Å². The molecule has 3 heterocycles. The maximum absolute atomic E-state index is 13.5. The monoisotopic (exact) mass is 412 g/mol. The van der Waals surface area contributed by atoms with Gasteiger partial charge in [-0.05, 0) is 50.5 Å². The van der Waals surface area contributed by atoms with E-state index in [1.54, 1.807) is 25.9 Å². The summed E-state index contributed by atoms with van der Waals surface area (Å²) in [5, 5.41) is 3.82. The molecule has 2 atom stereocenters. The highest BCUT2D eigenvalue weighted by Crippen LogP contribution is 2.45. The number of imide groups is 1. The molecule has 4 amide bonds. The van der Waals surface area contributed by atoms with Crippen LogP contribution in [0.3, 0.4) is 0 Å². The molecule has 160 valence electrons. The van der Waals surface area contributed by atoms with Gasteiger partial charge in [-0.25, -0.2) is 9.69 Å². The quantitative estimate of drug-likeness (QED) is 0.563. The highest BCUT2D eigenvalue weighted by atomic mass is 16.5. The minimum atomic E-state index is -1.16. The zero-order valence-electron chi connectivity index (χ0n) is 17.9. The lowest BCUT2D eigenvalue weighted by Gasteiger charge is -2.36. The number of ether oxygens (including phenoxy) is 1. The summed E-state index contributed by atoms with van der Waals surface area (Å²) in [7, 11) is 1.62. The number of amides is 4. The lowest BCUT2D eigenvalue weighted by molar-refractivity contribution is -0.139. The number of H-pyrrole nitrogens is 1. The first-order chi connectivity index (χ1) is 14.3. The Morgan fingerprint density at radius 2 is 2.13 bits per heavy atom. The Hall–Kier alpha value is -3.03. The second-order valence-corrected chi connectivity index (χ2v) is 8.14. The van der Waals surface area contributed by atoms with Gasteiger partial charge in [0.15, 0.2) is 5.54 Å². The van der Waals surface area contributed by atoms with Crippen molar-refractivity contribution in [3.63, 3.8) is 0 Å². The molecule has 2 aliphatic heterocycles. The molecule has 0 bridgehead atoms. The molecule has 30 heavy (non-hydrogen) atoms. The van der Waals surface area contributed by atoms with Crippen molar-refractivity contribution >= 4 is 28.7 Å². The molecule has 1 aromatic heterocycles. The van der Waals surface area contributed by atoms with Crippen LogP contribution in [0.15, 0.2) is 18.2 Å². The number of fused-ring (bicyclic) bond motifs is 5. The second-order valence-electron chi connectivity index (χ2n) is 8.14. The molecule has 8 nitrogen and oxygen atoms in total. The van der Waals surface area contributed by atoms with E-state index in [4.69, 9.17) is 4.74 Å². The Morgan fingerprint density at radius 3 is 2.83 bits per heavy atom. The zero-order valence-corrected chi connectivity index (χ0v) is 17.9. The molecule has 8 heteroatoms. The highest BCUT2D eigenvalue weighted by Gasteiger charge is 2.60. The second kappa shape index (κ2) is 7.34. The SMILES string of the molecule is CCCCNC(=O)C(C)N1C(=O)N2CCc3c([nH]c4ccc(OC)cc34)C2(C)C1=O. The molecule has 0 spiro atoms. The number of hydrogen-bond acceptors (Lipinski definition) is 4. The number of aromatic nitrogens is 1. The average Bonchev–Trinajstić information content (AvgIpc) is 3.21. The number of urea groups is 1. The lowest BCUT2D eigenvalue weighted by atomic mass is 9.87. The van der Waals surface area contributed by atoms with E-state index in [0.717, 1.165) is 45.7 Å². The van der Waals surface area contributed by atoms with Crippen LogP contribution >= 0.6 is 0 Å². The molecule has 2 unspecified atom stereocenters. The molecule has 1 aromatic carbocycles. The number of methoxy groups -OCH3 is 1. The van der Waals surface area contributed by atoms with Gasteiger partial charge in [0.1, 0.15) is 11.8 Å². The predicted octanol–water partition coefficient (Wildman–Crippen LogP) is 2.52. The fraction of sp³-hybridized carbons (Fsp3) is 0.500. The van der Waals surface area contributed by atoms with Crippen LogP contribution in [0.2, 0.25) is 0 Å². The Labute approximate surface area is 175 Å². The van der Waals surface area contributed by atoms with E-state index in [2.05, 4.69) is 10.3 Å². The molecule has 2 aromatic rings. The Morgan fingerprint density at radius 1 is 1.37 bits per heavy atom. The first-order valence-electron chi connectivity index (χ1n) is 10.5. The number of unbranched alkanes of at least 4 members (excludes halogenated alkanes) is 1. The largest absolute Gasteiger partial charge is 0.497 e. The first-order valence-corrected chi connectivity index (χ1v) is 10.5. The molecule has 4 rings (SSSR count). The number of carbonyl (C=O) groups is 3. The molecule has 2 aliphatic rings. The van der Waals surface area contributed by atoms with Crippen molar-refractivity contribution in [3.05, 3.63) is 29.5 Å². The lowest BCUT2D eigenvalue weighted by Crippen LogP contribution is -2.50. The number of hydrogen-bond donors (Lipinski definition) is 2. The molecule has 0 radical (unpaired) electrons. The standard InChI is InChI=1S/C22H28N4O4/c1-5-6-10-23-19(27)13(2)26-20(28)22(3)18-15(9-11-25(22)21(26)29)16-12-14(30-4)7-8-17(16)24-18/h7-8,12-13,24H,5-6,9-11H2,1-4H3,(H,23,27). The van der Waals surface area contributed by atoms with E-state index in [1.165, 1.54) is 0 Å². The molecule has 0 aliphatic carbocycles. The Kier molecular flexibility index (Phi) is 4.95. The van der Waals surface area contributed by atoms with Crippen molar-refractivity contribution in [2.75, 3.05) is 20.2 Å². The molecular weight excluding hydrogens is 384 g/mol. The van der Waals surface area contributed by atoms with Gasteiger partial charge in [-0.1, -0.05) is 13.3 Å². The third kappa shape index (κ3) is 2.77. The van der Waals surface area contributed by atoms with Crippen LogP contribution in [-0.2, 0) is 21.5 Å². The van der Waals surface area contributed by atoms with Crippen LogP contribution in [0.1, 0.15) is 44.9 Å². The summed E-state index contributed by atoms with van der Waals surface area (Å²) in [4.78, 5) is 45.3. The minimum Gasteiger partial charge on any atom is -0.497 e. The maximum Gasteiger partial charge on any atom is 0.328 e. The summed E-state index contributed by atoms with van der Waals surface area (Å²) in [6, 6.07) is 4.45. The predicted molar refractivity (Wildman–Crippen MR) is 112 cm³/mol. The summed E-state index contributed by atoms with van der Waals surface area (Å²) in [6.07, 6.45) is 2.43. The molecule has 1 saturated heterocycles. The zero-order chi connectivity index (χ0) is 21.6. The number of benzene rings is 1. The van der Waals surface area contributed by atoms with E-state index in [9.17, 15) is 14.4 Å². The van der Waals surface area contributed by atoms with E-state index in [-0.39, 0.29) is 11.8 Å². The topological polar surface area (TPSA) is 94.7 Å². The Bertz CT molecular complexity index is 1030. The van der Waals surface area contributed by atoms with Crippen LogP contribution in [0.25, 0.3) is 10.9 Å². The summed E-state index contributed by atoms with van der Waals surface area (Å²) >= 11 is 0. The highest BCUT2D eigenvalue weighted by molar-refractivity contribution is 6.11. The van der Waals surface area contributed by atoms with Crippen molar-refractivity contribution in [1.82, 2.24) is 20.1 Å². The summed E-state index contributed by atoms with van der Waals surface area (Å²) < 4.78 is 5.35. The third-order valence-corrected chi connectivity index (χ3v) is 6.39. The molecular formula is C22H28N4O4. The summed E-state index contributed by atoms with van der Waals surface area (Å²) in [5.74, 6) is 0.0602. The normalized spacial score (nSPS) is 21.6. The molecule has 1 fully saturated rings. The van der Waals surface area contributed by atoms with Gasteiger partial charge < -0.3 is 19.9 Å². The van der Waals surface area contributed by atoms with E-state index in [1.807, 2.05) is 25.1 Å². The Balaban J connectivity index is 1.71. The van der Waals surface area contributed by atoms with Gasteiger partial charge in [0, 0.05) is 24.0 Å². The summed E-state index contributed by atoms with van der Waals surface area (Å²) in [5.41, 5.74) is 1.48. The average molecular weight is 412 g/mol. The van der Waals surface area contributed by atoms with Gasteiger partial charge in [0.25, 0.3) is 5.91 Å². The number of nitrogens with zero attached hydrogens (tertiary/aromatic N) is 2. The van der Waals surface area contributed by atoms with Crippen LogP contribution in [0.5, 0.6) is 5.75 Å². The van der Waals surface area contributed by atoms with Gasteiger partial charge in [-0.15, -0.1) is 0 Å². The van der Waals surface area contributed by atoms with Crippen LogP contribution < -0.4 is 10.1 Å². The van der Waals surface area contributed by atoms with Crippen molar-refractivity contribution in [1.29, 1.82) is 0 Å². The van der Waals surface area contributed by atoms with E-state index >= 15 is 0 Å². The fourth-order valence-electron chi connectivity index (χ4n) is 4.57. The smallest absolute Gasteiger partial charge is 0.328 e. The number of aromatic amines is 1. The minimum absolute atomic E-state index is 0.310. The van der Waals surface area contributed by atoms with Gasteiger partial charge in [0.05, 0.1) is 12.8 Å². The molecule has 2 N–H and O–H groups in total. The van der Waals surface area contributed by atoms with E-state index in [0.29, 0.717) is 19.5 Å². The van der Waals surface area contributed by atoms with Crippen molar-refractivity contribution in [3.8, 4) is 5.75 Å². The first kappa shape index (κ1) is 20.3. The summed E-state index contributed by atoms with van der Waals surface area (Å²) in [6.45, 7) is 6.36. The van der Waals surface area contributed by atoms with Crippen LogP contribution in [-0.4, -0.2) is 58.9 Å². The van der Waals surface area contributed by atoms with Gasteiger partial charge in [-0.2, -0.15) is 0 Å². The van der Waals surface area contributed by atoms with Crippen LogP contribution in [0, 0.1) is 0 Å². The van der Waals surface area contributed by atoms with Gasteiger partial charge in [-0.3, -0.25) is 9.59 Å². The van der Waals surface area contributed by atoms with Crippen LogP contribution in [0.4, 0.5) is 4.79 Å². The molecule has 0 saturated carbocycles.